The van der Waals surface area contributed by atoms with E-state index >= 15 is 0 Å². The number of hydrogen-bond donors (Lipinski definition) is 0. The summed E-state index contributed by atoms with van der Waals surface area (Å²) in [5.41, 5.74) is -0.439. The van der Waals surface area contributed by atoms with Gasteiger partial charge in [-0.15, -0.1) is 0 Å². The largest absolute Gasteiger partial charge is 0.475 e. The SMILES string of the molecule is CCCCOP(=O)(OCC)OC(CC)(CC)C(C)CC. The van der Waals surface area contributed by atoms with Crippen LogP contribution in [-0.4, -0.2) is 18.8 Å². The van der Waals surface area contributed by atoms with Gasteiger partial charge in [0.2, 0.25) is 0 Å². The molecule has 0 aromatic heterocycles. The van der Waals surface area contributed by atoms with Gasteiger partial charge in [-0.2, -0.15) is 0 Å². The van der Waals surface area contributed by atoms with Gasteiger partial charge in [-0.1, -0.05) is 47.5 Å². The molecule has 0 amide bonds. The van der Waals surface area contributed by atoms with E-state index in [4.69, 9.17) is 13.6 Å². The molecule has 0 aliphatic carbocycles. The fraction of sp³-hybridized carbons (Fsp3) is 1.00. The average Bonchev–Trinajstić information content (AvgIpc) is 2.44. The van der Waals surface area contributed by atoms with Crippen LogP contribution in [0.1, 0.15) is 73.6 Å². The van der Waals surface area contributed by atoms with Crippen molar-refractivity contribution in [1.29, 1.82) is 0 Å². The minimum Gasteiger partial charge on any atom is -0.287 e. The van der Waals surface area contributed by atoms with Gasteiger partial charge in [0.05, 0.1) is 18.8 Å². The van der Waals surface area contributed by atoms with Crippen LogP contribution < -0.4 is 0 Å². The van der Waals surface area contributed by atoms with Gasteiger partial charge in [0.15, 0.2) is 0 Å². The van der Waals surface area contributed by atoms with Crippen molar-refractivity contribution in [2.45, 2.75) is 79.2 Å². The van der Waals surface area contributed by atoms with Crippen LogP contribution >= 0.6 is 7.82 Å². The van der Waals surface area contributed by atoms with Gasteiger partial charge in [0.1, 0.15) is 0 Å². The summed E-state index contributed by atoms with van der Waals surface area (Å²) in [5.74, 6) is 0.307. The second kappa shape index (κ2) is 9.94. The third kappa shape index (κ3) is 5.85. The first-order chi connectivity index (χ1) is 9.43. The van der Waals surface area contributed by atoms with Gasteiger partial charge in [0.25, 0.3) is 0 Å². The number of phosphoric ester groups is 1. The highest BCUT2D eigenvalue weighted by molar-refractivity contribution is 7.48. The molecule has 4 nitrogen and oxygen atoms in total. The molecule has 0 aliphatic rings. The molecule has 0 aliphatic heterocycles. The van der Waals surface area contributed by atoms with E-state index in [9.17, 15) is 4.57 Å². The predicted molar refractivity (Wildman–Crippen MR) is 83.9 cm³/mol. The summed E-state index contributed by atoms with van der Waals surface area (Å²) >= 11 is 0. The molecule has 0 heterocycles. The molecule has 0 bridgehead atoms. The van der Waals surface area contributed by atoms with Crippen molar-refractivity contribution in [3.63, 3.8) is 0 Å². The molecule has 0 saturated carbocycles. The van der Waals surface area contributed by atoms with Crippen LogP contribution in [0.2, 0.25) is 0 Å². The zero-order valence-corrected chi connectivity index (χ0v) is 15.0. The van der Waals surface area contributed by atoms with Crippen LogP contribution in [0.3, 0.4) is 0 Å². The Bertz CT molecular complexity index is 290. The second-order valence-electron chi connectivity index (χ2n) is 5.22. The van der Waals surface area contributed by atoms with Gasteiger partial charge in [-0.05, 0) is 32.1 Å². The van der Waals surface area contributed by atoms with Crippen LogP contribution in [0.25, 0.3) is 0 Å². The van der Waals surface area contributed by atoms with Gasteiger partial charge in [-0.3, -0.25) is 13.6 Å². The lowest BCUT2D eigenvalue weighted by atomic mass is 9.82. The Hall–Kier alpha value is 0.110. The molecule has 122 valence electrons. The molecule has 0 aromatic rings. The average molecular weight is 308 g/mol. The van der Waals surface area contributed by atoms with Crippen molar-refractivity contribution in [2.75, 3.05) is 13.2 Å². The van der Waals surface area contributed by atoms with Crippen molar-refractivity contribution >= 4 is 7.82 Å². The number of hydrogen-bond acceptors (Lipinski definition) is 4. The molecule has 0 radical (unpaired) electrons. The van der Waals surface area contributed by atoms with Crippen molar-refractivity contribution in [3.05, 3.63) is 0 Å². The van der Waals surface area contributed by atoms with E-state index in [0.29, 0.717) is 19.1 Å². The maximum absolute atomic E-state index is 12.8. The molecule has 0 rings (SSSR count). The Labute approximate surface area is 125 Å². The fourth-order valence-corrected chi connectivity index (χ4v) is 4.06. The van der Waals surface area contributed by atoms with Gasteiger partial charge in [-0.25, -0.2) is 4.57 Å². The Morgan fingerprint density at radius 2 is 1.65 bits per heavy atom. The lowest BCUT2D eigenvalue weighted by Crippen LogP contribution is -2.37. The van der Waals surface area contributed by atoms with Crippen LogP contribution in [0.4, 0.5) is 0 Å². The molecular weight excluding hydrogens is 275 g/mol. The number of rotatable bonds is 12. The Morgan fingerprint density at radius 3 is 2.05 bits per heavy atom. The van der Waals surface area contributed by atoms with E-state index in [-0.39, 0.29) is 0 Å². The second-order valence-corrected chi connectivity index (χ2v) is 6.82. The van der Waals surface area contributed by atoms with Crippen molar-refractivity contribution in [3.8, 4) is 0 Å². The maximum atomic E-state index is 12.8. The zero-order chi connectivity index (χ0) is 15.6. The van der Waals surface area contributed by atoms with Gasteiger partial charge >= 0.3 is 7.82 Å². The summed E-state index contributed by atoms with van der Waals surface area (Å²) in [6.45, 7) is 13.0. The van der Waals surface area contributed by atoms with Gasteiger partial charge < -0.3 is 0 Å². The zero-order valence-electron chi connectivity index (χ0n) is 14.1. The highest BCUT2D eigenvalue weighted by Crippen LogP contribution is 2.55. The fourth-order valence-electron chi connectivity index (χ4n) is 2.33. The Kier molecular flexibility index (Phi) is 10.00. The summed E-state index contributed by atoms with van der Waals surface area (Å²) in [6.07, 6.45) is 4.42. The quantitative estimate of drug-likeness (QED) is 0.349. The molecule has 0 N–H and O–H groups in total. The monoisotopic (exact) mass is 308 g/mol. The van der Waals surface area contributed by atoms with Crippen LogP contribution in [0.5, 0.6) is 0 Å². The van der Waals surface area contributed by atoms with Crippen molar-refractivity contribution in [2.24, 2.45) is 5.92 Å². The molecular formula is C15H33O4P. The molecule has 0 spiro atoms. The maximum Gasteiger partial charge on any atom is 0.475 e. The first-order valence-corrected chi connectivity index (χ1v) is 9.49. The van der Waals surface area contributed by atoms with Crippen LogP contribution in [0, 0.1) is 5.92 Å². The van der Waals surface area contributed by atoms with E-state index in [0.717, 1.165) is 32.1 Å². The summed E-state index contributed by atoms with van der Waals surface area (Å²) in [7, 11) is -3.47. The molecule has 5 heteroatoms. The lowest BCUT2D eigenvalue weighted by Gasteiger charge is -2.38. The van der Waals surface area contributed by atoms with Crippen molar-refractivity contribution in [1.82, 2.24) is 0 Å². The first kappa shape index (κ1) is 20.1. The lowest BCUT2D eigenvalue weighted by molar-refractivity contribution is -0.0338. The third-order valence-corrected chi connectivity index (χ3v) is 5.70. The number of unbranched alkanes of at least 4 members (excludes halogenated alkanes) is 1. The Balaban J connectivity index is 5.03. The van der Waals surface area contributed by atoms with E-state index in [2.05, 4.69) is 34.6 Å². The minimum absolute atomic E-state index is 0.307. The first-order valence-electron chi connectivity index (χ1n) is 8.03. The van der Waals surface area contributed by atoms with E-state index in [1.165, 1.54) is 0 Å². The van der Waals surface area contributed by atoms with E-state index in [1.54, 1.807) is 0 Å². The van der Waals surface area contributed by atoms with Gasteiger partial charge in [0, 0.05) is 0 Å². The summed E-state index contributed by atoms with van der Waals surface area (Å²) in [5, 5.41) is 0. The minimum atomic E-state index is -3.47. The highest BCUT2D eigenvalue weighted by Gasteiger charge is 2.42. The van der Waals surface area contributed by atoms with Crippen molar-refractivity contribution < 1.29 is 18.1 Å². The van der Waals surface area contributed by atoms with E-state index < -0.39 is 13.4 Å². The topological polar surface area (TPSA) is 44.8 Å². The standard InChI is InChI=1S/C15H33O4P/c1-7-12-13-18-20(16,17-11-5)19-15(9-3,10-4)14(6)8-2/h14H,7-13H2,1-6H3. The highest BCUT2D eigenvalue weighted by atomic mass is 31.2. The molecule has 0 fully saturated rings. The smallest absolute Gasteiger partial charge is 0.287 e. The molecule has 2 unspecified atom stereocenters. The molecule has 20 heavy (non-hydrogen) atoms. The molecule has 0 saturated heterocycles. The molecule has 0 aromatic carbocycles. The van der Waals surface area contributed by atoms with Crippen LogP contribution in [0.15, 0.2) is 0 Å². The normalized spacial score (nSPS) is 16.9. The third-order valence-electron chi connectivity index (χ3n) is 4.04. The predicted octanol–water partition coefficient (Wildman–Crippen LogP) is 5.57. The van der Waals surface area contributed by atoms with E-state index in [1.807, 2.05) is 6.92 Å². The molecule has 2 atom stereocenters. The van der Waals surface area contributed by atoms with Crippen LogP contribution in [-0.2, 0) is 18.1 Å². The summed E-state index contributed by atoms with van der Waals surface area (Å²) in [4.78, 5) is 0. The number of phosphoric acid groups is 1. The Morgan fingerprint density at radius 1 is 1.05 bits per heavy atom. The summed E-state index contributed by atoms with van der Waals surface area (Å²) in [6, 6.07) is 0. The summed E-state index contributed by atoms with van der Waals surface area (Å²) < 4.78 is 29.6.